The van der Waals surface area contributed by atoms with Gasteiger partial charge in [-0.1, -0.05) is 6.92 Å². The van der Waals surface area contributed by atoms with Crippen LogP contribution in [0.25, 0.3) is 0 Å². The maximum atomic E-state index is 9.01. The smallest absolute Gasteiger partial charge is 0.123 e. The van der Waals surface area contributed by atoms with Crippen LogP contribution < -0.4 is 4.74 Å². The Morgan fingerprint density at radius 1 is 1.53 bits per heavy atom. The van der Waals surface area contributed by atoms with E-state index in [1.807, 2.05) is 12.1 Å². The zero-order valence-electron chi connectivity index (χ0n) is 11.6. The van der Waals surface area contributed by atoms with Crippen LogP contribution in [0.15, 0.2) is 18.2 Å². The molecule has 1 aromatic rings. The van der Waals surface area contributed by atoms with Gasteiger partial charge in [-0.15, -0.1) is 0 Å². The minimum Gasteiger partial charge on any atom is -0.496 e. The number of hydrogen-bond acceptors (Lipinski definition) is 4. The molecule has 1 aromatic carbocycles. The van der Waals surface area contributed by atoms with Crippen molar-refractivity contribution >= 4 is 0 Å². The Morgan fingerprint density at radius 2 is 2.37 bits per heavy atom. The molecule has 2 rings (SSSR count). The lowest BCUT2D eigenvalue weighted by molar-refractivity contribution is -0.0129. The summed E-state index contributed by atoms with van der Waals surface area (Å²) in [5.41, 5.74) is 1.75. The highest BCUT2D eigenvalue weighted by Crippen LogP contribution is 2.23. The molecule has 4 nitrogen and oxygen atoms in total. The number of benzene rings is 1. The van der Waals surface area contributed by atoms with Crippen molar-refractivity contribution in [2.75, 3.05) is 26.9 Å². The molecule has 0 aromatic heterocycles. The third-order valence-corrected chi connectivity index (χ3v) is 3.60. The van der Waals surface area contributed by atoms with E-state index in [0.29, 0.717) is 11.6 Å². The summed E-state index contributed by atoms with van der Waals surface area (Å²) in [6, 6.07) is 8.21. The summed E-state index contributed by atoms with van der Waals surface area (Å²) in [6.07, 6.45) is 1.07. The van der Waals surface area contributed by atoms with Gasteiger partial charge in [0.15, 0.2) is 0 Å². The Bertz CT molecular complexity index is 468. The zero-order chi connectivity index (χ0) is 13.7. The van der Waals surface area contributed by atoms with Gasteiger partial charge in [-0.3, -0.25) is 4.90 Å². The maximum Gasteiger partial charge on any atom is 0.123 e. The number of morpholine rings is 1. The Morgan fingerprint density at radius 3 is 3.05 bits per heavy atom. The van der Waals surface area contributed by atoms with Crippen molar-refractivity contribution in [1.82, 2.24) is 4.90 Å². The van der Waals surface area contributed by atoms with Gasteiger partial charge < -0.3 is 9.47 Å². The van der Waals surface area contributed by atoms with Crippen LogP contribution in [0.1, 0.15) is 24.5 Å². The second kappa shape index (κ2) is 6.55. The van der Waals surface area contributed by atoms with Crippen molar-refractivity contribution in [3.63, 3.8) is 0 Å². The van der Waals surface area contributed by atoms with E-state index in [0.717, 1.165) is 44.0 Å². The fourth-order valence-electron chi connectivity index (χ4n) is 2.46. The molecule has 1 saturated heterocycles. The van der Waals surface area contributed by atoms with E-state index in [9.17, 15) is 0 Å². The van der Waals surface area contributed by atoms with Gasteiger partial charge in [0.05, 0.1) is 32.0 Å². The van der Waals surface area contributed by atoms with Crippen LogP contribution in [0.2, 0.25) is 0 Å². The largest absolute Gasteiger partial charge is 0.496 e. The molecule has 0 amide bonds. The SMILES string of the molecule is CCC1COCCN1Cc1cc(C#N)ccc1OC. The van der Waals surface area contributed by atoms with Crippen molar-refractivity contribution in [1.29, 1.82) is 5.26 Å². The summed E-state index contributed by atoms with van der Waals surface area (Å²) < 4.78 is 10.9. The molecule has 1 aliphatic heterocycles. The molecule has 4 heteroatoms. The molecule has 0 saturated carbocycles. The van der Waals surface area contributed by atoms with Gasteiger partial charge >= 0.3 is 0 Å². The first kappa shape index (κ1) is 13.9. The Balaban J connectivity index is 2.19. The third kappa shape index (κ3) is 3.25. The Labute approximate surface area is 114 Å². The van der Waals surface area contributed by atoms with Crippen LogP contribution >= 0.6 is 0 Å². The predicted octanol–water partition coefficient (Wildman–Crippen LogP) is 2.18. The van der Waals surface area contributed by atoms with Crippen LogP contribution in [-0.4, -0.2) is 37.8 Å². The Hall–Kier alpha value is -1.57. The van der Waals surface area contributed by atoms with Crippen LogP contribution in [-0.2, 0) is 11.3 Å². The van der Waals surface area contributed by atoms with E-state index in [1.54, 1.807) is 13.2 Å². The van der Waals surface area contributed by atoms with Crippen molar-refractivity contribution in [3.05, 3.63) is 29.3 Å². The highest BCUT2D eigenvalue weighted by Gasteiger charge is 2.22. The number of methoxy groups -OCH3 is 1. The zero-order valence-corrected chi connectivity index (χ0v) is 11.6. The number of ether oxygens (including phenoxy) is 2. The molecule has 1 fully saturated rings. The number of rotatable bonds is 4. The molecule has 0 bridgehead atoms. The van der Waals surface area contributed by atoms with Crippen LogP contribution in [0.4, 0.5) is 0 Å². The molecule has 1 heterocycles. The average molecular weight is 260 g/mol. The topological polar surface area (TPSA) is 45.5 Å². The van der Waals surface area contributed by atoms with Crippen molar-refractivity contribution in [2.45, 2.75) is 25.9 Å². The second-order valence-electron chi connectivity index (χ2n) is 4.75. The highest BCUT2D eigenvalue weighted by molar-refractivity contribution is 5.42. The molecule has 0 radical (unpaired) electrons. The molecule has 1 atom stereocenters. The summed E-state index contributed by atoms with van der Waals surface area (Å²) in [5, 5.41) is 9.01. The summed E-state index contributed by atoms with van der Waals surface area (Å²) >= 11 is 0. The molecular formula is C15H20N2O2. The van der Waals surface area contributed by atoms with Gasteiger partial charge in [-0.05, 0) is 24.6 Å². The van der Waals surface area contributed by atoms with Crippen LogP contribution in [0.5, 0.6) is 5.75 Å². The first-order valence-corrected chi connectivity index (χ1v) is 6.67. The molecule has 0 N–H and O–H groups in total. The maximum absolute atomic E-state index is 9.01. The van der Waals surface area contributed by atoms with Gasteiger partial charge in [-0.25, -0.2) is 0 Å². The van der Waals surface area contributed by atoms with Crippen molar-refractivity contribution < 1.29 is 9.47 Å². The molecule has 1 unspecified atom stereocenters. The first-order chi connectivity index (χ1) is 9.28. The van der Waals surface area contributed by atoms with Gasteiger partial charge in [0, 0.05) is 24.7 Å². The van der Waals surface area contributed by atoms with E-state index in [2.05, 4.69) is 17.9 Å². The Kier molecular flexibility index (Phi) is 4.78. The molecule has 19 heavy (non-hydrogen) atoms. The van der Waals surface area contributed by atoms with Crippen molar-refractivity contribution in [2.24, 2.45) is 0 Å². The predicted molar refractivity (Wildman–Crippen MR) is 73.0 cm³/mol. The summed E-state index contributed by atoms with van der Waals surface area (Å²) in [7, 11) is 1.67. The van der Waals surface area contributed by atoms with Gasteiger partial charge in [0.25, 0.3) is 0 Å². The summed E-state index contributed by atoms with van der Waals surface area (Å²) in [6.45, 7) is 5.47. The number of nitriles is 1. The van der Waals surface area contributed by atoms with E-state index < -0.39 is 0 Å². The average Bonchev–Trinajstić information content (AvgIpc) is 2.47. The molecule has 102 valence electrons. The molecular weight excluding hydrogens is 240 g/mol. The fraction of sp³-hybridized carbons (Fsp3) is 0.533. The molecule has 1 aliphatic rings. The summed E-state index contributed by atoms with van der Waals surface area (Å²) in [4.78, 5) is 2.41. The van der Waals surface area contributed by atoms with E-state index in [4.69, 9.17) is 14.7 Å². The lowest BCUT2D eigenvalue weighted by atomic mass is 10.1. The number of hydrogen-bond donors (Lipinski definition) is 0. The van der Waals surface area contributed by atoms with E-state index >= 15 is 0 Å². The third-order valence-electron chi connectivity index (χ3n) is 3.60. The minimum absolute atomic E-state index is 0.448. The molecule has 0 aliphatic carbocycles. The van der Waals surface area contributed by atoms with Crippen molar-refractivity contribution in [3.8, 4) is 11.8 Å². The van der Waals surface area contributed by atoms with Gasteiger partial charge in [0.1, 0.15) is 5.75 Å². The standard InChI is InChI=1S/C15H20N2O2/c1-3-14-11-19-7-6-17(14)10-13-8-12(9-16)4-5-15(13)18-2/h4-5,8,14H,3,6-7,10-11H2,1-2H3. The lowest BCUT2D eigenvalue weighted by Gasteiger charge is -2.35. The van der Waals surface area contributed by atoms with E-state index in [-0.39, 0.29) is 0 Å². The van der Waals surface area contributed by atoms with E-state index in [1.165, 1.54) is 0 Å². The first-order valence-electron chi connectivity index (χ1n) is 6.67. The summed E-state index contributed by atoms with van der Waals surface area (Å²) in [5.74, 6) is 0.848. The lowest BCUT2D eigenvalue weighted by Crippen LogP contribution is -2.44. The number of nitrogens with zero attached hydrogens (tertiary/aromatic N) is 2. The normalized spacial score (nSPS) is 19.9. The second-order valence-corrected chi connectivity index (χ2v) is 4.75. The minimum atomic E-state index is 0.448. The molecule has 0 spiro atoms. The fourth-order valence-corrected chi connectivity index (χ4v) is 2.46. The highest BCUT2D eigenvalue weighted by atomic mass is 16.5. The quantitative estimate of drug-likeness (QED) is 0.832. The van der Waals surface area contributed by atoms with Crippen LogP contribution in [0, 0.1) is 11.3 Å². The van der Waals surface area contributed by atoms with Gasteiger partial charge in [0.2, 0.25) is 0 Å². The van der Waals surface area contributed by atoms with Gasteiger partial charge in [-0.2, -0.15) is 5.26 Å². The monoisotopic (exact) mass is 260 g/mol. The van der Waals surface area contributed by atoms with Crippen LogP contribution in [0.3, 0.4) is 0 Å².